The first kappa shape index (κ1) is 8.21. The highest BCUT2D eigenvalue weighted by molar-refractivity contribution is 5.34. The average Bonchev–Trinajstić information content (AvgIpc) is 2.16. The van der Waals surface area contributed by atoms with Gasteiger partial charge in [-0.3, -0.25) is 4.98 Å². The van der Waals surface area contributed by atoms with Crippen LogP contribution in [0.2, 0.25) is 0 Å². The van der Waals surface area contributed by atoms with E-state index in [1.54, 1.807) is 6.20 Å². The molecule has 13 heavy (non-hydrogen) atoms. The fraction of sp³-hybridized carbons (Fsp3) is 0.400. The predicted molar refractivity (Wildman–Crippen MR) is 49.0 cm³/mol. The van der Waals surface area contributed by atoms with Gasteiger partial charge in [0.2, 0.25) is 0 Å². The van der Waals surface area contributed by atoms with Crippen molar-refractivity contribution in [1.29, 1.82) is 5.26 Å². The zero-order valence-electron chi connectivity index (χ0n) is 7.62. The summed E-state index contributed by atoms with van der Waals surface area (Å²) in [4.78, 5) is 6.52. The summed E-state index contributed by atoms with van der Waals surface area (Å²) in [6, 6.07) is 4.05. The molecule has 0 aromatic carbocycles. The number of hydrogen-bond acceptors (Lipinski definition) is 3. The lowest BCUT2D eigenvalue weighted by molar-refractivity contribution is 0.310. The van der Waals surface area contributed by atoms with Gasteiger partial charge in [-0.25, -0.2) is 0 Å². The first-order chi connectivity index (χ1) is 6.29. The average molecular weight is 173 g/mol. The molecule has 1 aliphatic heterocycles. The largest absolute Gasteiger partial charge is 0.302 e. The lowest BCUT2D eigenvalue weighted by atomic mass is 10.0. The predicted octanol–water partition coefficient (Wildman–Crippen LogP) is 0.941. The Balaban J connectivity index is 2.39. The van der Waals surface area contributed by atoms with Crippen LogP contribution in [-0.2, 0) is 13.0 Å². The normalized spacial score (nSPS) is 16.3. The van der Waals surface area contributed by atoms with Gasteiger partial charge in [0.25, 0.3) is 0 Å². The number of nitriles is 1. The third-order valence-corrected chi connectivity index (χ3v) is 2.36. The number of nitrogens with zero attached hydrogens (tertiary/aromatic N) is 3. The van der Waals surface area contributed by atoms with Crippen LogP contribution in [-0.4, -0.2) is 23.5 Å². The van der Waals surface area contributed by atoms with Gasteiger partial charge in [0.1, 0.15) is 6.07 Å². The van der Waals surface area contributed by atoms with Crippen LogP contribution >= 0.6 is 0 Å². The van der Waals surface area contributed by atoms with Gasteiger partial charge in [-0.05, 0) is 18.7 Å². The van der Waals surface area contributed by atoms with Crippen molar-refractivity contribution in [2.75, 3.05) is 13.6 Å². The van der Waals surface area contributed by atoms with Gasteiger partial charge >= 0.3 is 0 Å². The topological polar surface area (TPSA) is 39.9 Å². The molecule has 0 bridgehead atoms. The summed E-state index contributed by atoms with van der Waals surface area (Å²) in [5, 5.41) is 8.70. The van der Waals surface area contributed by atoms with Crippen LogP contribution < -0.4 is 0 Å². The van der Waals surface area contributed by atoms with Crippen molar-refractivity contribution in [3.05, 3.63) is 29.1 Å². The van der Waals surface area contributed by atoms with Gasteiger partial charge in [-0.1, -0.05) is 0 Å². The van der Waals surface area contributed by atoms with Crippen LogP contribution in [0.4, 0.5) is 0 Å². The third-order valence-electron chi connectivity index (χ3n) is 2.36. The van der Waals surface area contributed by atoms with Gasteiger partial charge < -0.3 is 4.90 Å². The molecule has 0 saturated carbocycles. The smallest absolute Gasteiger partial charge is 0.101 e. The summed E-state index contributed by atoms with van der Waals surface area (Å²) in [7, 11) is 2.09. The zero-order valence-corrected chi connectivity index (χ0v) is 7.62. The van der Waals surface area contributed by atoms with Gasteiger partial charge in [0.05, 0.1) is 5.56 Å². The summed E-state index contributed by atoms with van der Waals surface area (Å²) in [5.74, 6) is 0. The van der Waals surface area contributed by atoms with Crippen LogP contribution in [0, 0.1) is 11.3 Å². The van der Waals surface area contributed by atoms with Gasteiger partial charge in [0, 0.05) is 31.4 Å². The van der Waals surface area contributed by atoms with E-state index in [0.717, 1.165) is 25.2 Å². The molecule has 1 aromatic heterocycles. The van der Waals surface area contributed by atoms with Crippen LogP contribution in [0.3, 0.4) is 0 Å². The summed E-state index contributed by atoms with van der Waals surface area (Å²) in [6.07, 6.45) is 2.65. The Hall–Kier alpha value is -1.40. The third kappa shape index (κ3) is 1.53. The maximum Gasteiger partial charge on any atom is 0.101 e. The summed E-state index contributed by atoms with van der Waals surface area (Å²) in [6.45, 7) is 1.98. The molecule has 0 aliphatic carbocycles. The minimum Gasteiger partial charge on any atom is -0.302 e. The first-order valence-corrected chi connectivity index (χ1v) is 4.36. The molecule has 2 rings (SSSR count). The van der Waals surface area contributed by atoms with E-state index in [2.05, 4.69) is 23.0 Å². The molecular formula is C10H11N3. The fourth-order valence-electron chi connectivity index (χ4n) is 1.63. The SMILES string of the molecule is CN1CCc2ncc(C#N)cc2C1. The maximum absolute atomic E-state index is 8.70. The summed E-state index contributed by atoms with van der Waals surface area (Å²) in [5.41, 5.74) is 3.01. The van der Waals surface area contributed by atoms with Crippen molar-refractivity contribution in [2.24, 2.45) is 0 Å². The molecule has 0 saturated heterocycles. The van der Waals surface area contributed by atoms with Crippen molar-refractivity contribution >= 4 is 0 Å². The van der Waals surface area contributed by atoms with E-state index in [0.29, 0.717) is 5.56 Å². The minimum absolute atomic E-state index is 0.661. The Kier molecular flexibility index (Phi) is 1.99. The lowest BCUT2D eigenvalue weighted by Crippen LogP contribution is -2.27. The van der Waals surface area contributed by atoms with Crippen LogP contribution in [0.5, 0.6) is 0 Å². The maximum atomic E-state index is 8.70. The molecule has 66 valence electrons. The van der Waals surface area contributed by atoms with Crippen molar-refractivity contribution in [2.45, 2.75) is 13.0 Å². The van der Waals surface area contributed by atoms with E-state index in [1.165, 1.54) is 5.56 Å². The van der Waals surface area contributed by atoms with E-state index in [4.69, 9.17) is 5.26 Å². The van der Waals surface area contributed by atoms with E-state index in [9.17, 15) is 0 Å². The van der Waals surface area contributed by atoms with Gasteiger partial charge in [-0.15, -0.1) is 0 Å². The highest BCUT2D eigenvalue weighted by Gasteiger charge is 2.14. The number of likely N-dealkylation sites (N-methyl/N-ethyl adjacent to an activating group) is 1. The highest BCUT2D eigenvalue weighted by Crippen LogP contribution is 2.16. The fourth-order valence-corrected chi connectivity index (χ4v) is 1.63. The Labute approximate surface area is 77.6 Å². The lowest BCUT2D eigenvalue weighted by Gasteiger charge is -2.23. The van der Waals surface area contributed by atoms with Crippen molar-refractivity contribution in [1.82, 2.24) is 9.88 Å². The molecule has 0 radical (unpaired) electrons. The monoisotopic (exact) mass is 173 g/mol. The molecule has 0 amide bonds. The molecule has 1 aromatic rings. The highest BCUT2D eigenvalue weighted by atomic mass is 15.1. The second kappa shape index (κ2) is 3.15. The molecule has 0 atom stereocenters. The van der Waals surface area contributed by atoms with Crippen molar-refractivity contribution in [3.63, 3.8) is 0 Å². The Morgan fingerprint density at radius 3 is 3.23 bits per heavy atom. The molecule has 0 spiro atoms. The molecule has 0 N–H and O–H groups in total. The number of fused-ring (bicyclic) bond motifs is 1. The number of rotatable bonds is 0. The van der Waals surface area contributed by atoms with E-state index in [-0.39, 0.29) is 0 Å². The number of hydrogen-bond donors (Lipinski definition) is 0. The molecule has 0 unspecified atom stereocenters. The number of aromatic nitrogens is 1. The van der Waals surface area contributed by atoms with Crippen molar-refractivity contribution < 1.29 is 0 Å². The minimum atomic E-state index is 0.661. The van der Waals surface area contributed by atoms with Gasteiger partial charge in [0.15, 0.2) is 0 Å². The van der Waals surface area contributed by atoms with E-state index < -0.39 is 0 Å². The molecule has 3 heteroatoms. The second-order valence-corrected chi connectivity index (χ2v) is 3.43. The molecular weight excluding hydrogens is 162 g/mol. The summed E-state index contributed by atoms with van der Waals surface area (Å²) < 4.78 is 0. The van der Waals surface area contributed by atoms with Crippen LogP contribution in [0.15, 0.2) is 12.3 Å². The van der Waals surface area contributed by atoms with E-state index in [1.807, 2.05) is 6.07 Å². The van der Waals surface area contributed by atoms with E-state index >= 15 is 0 Å². The summed E-state index contributed by atoms with van der Waals surface area (Å²) >= 11 is 0. The standard InChI is InChI=1S/C10H11N3/c1-13-3-2-10-9(7-13)4-8(5-11)6-12-10/h4,6H,2-3,7H2,1H3. The Bertz CT molecular complexity index is 365. The van der Waals surface area contributed by atoms with Crippen LogP contribution in [0.1, 0.15) is 16.8 Å². The second-order valence-electron chi connectivity index (χ2n) is 3.43. The number of pyridine rings is 1. The Morgan fingerprint density at radius 2 is 2.46 bits per heavy atom. The Morgan fingerprint density at radius 1 is 1.62 bits per heavy atom. The van der Waals surface area contributed by atoms with Gasteiger partial charge in [-0.2, -0.15) is 5.26 Å². The zero-order chi connectivity index (χ0) is 9.26. The molecule has 2 heterocycles. The first-order valence-electron chi connectivity index (χ1n) is 4.36. The molecule has 1 aliphatic rings. The van der Waals surface area contributed by atoms with Crippen molar-refractivity contribution in [3.8, 4) is 6.07 Å². The van der Waals surface area contributed by atoms with Crippen LogP contribution in [0.25, 0.3) is 0 Å². The molecule has 3 nitrogen and oxygen atoms in total. The molecule has 0 fully saturated rings. The quantitative estimate of drug-likeness (QED) is 0.586.